The maximum Gasteiger partial charge on any atom is 0.184 e. The fraction of sp³-hybridized carbons (Fsp3) is 0. The standard InChI is InChI=1S/C34H27NOSi/c1-3-25(2)35-26-22-23-32-31(24-26)30-20-13-21-33(34(30)36-32)37(27-14-7-4-8-15-27,28-16-9-5-10-17-28)29-18-11-6-12-19-29/h3-24,35H,1-2H2. The first-order valence-electron chi connectivity index (χ1n) is 12.4. The van der Waals surface area contributed by atoms with Gasteiger partial charge in [0.05, 0.1) is 0 Å². The van der Waals surface area contributed by atoms with Crippen molar-refractivity contribution in [1.29, 1.82) is 0 Å². The molecule has 0 atom stereocenters. The van der Waals surface area contributed by atoms with E-state index in [1.54, 1.807) is 6.08 Å². The minimum absolute atomic E-state index is 0.761. The molecule has 0 radical (unpaired) electrons. The van der Waals surface area contributed by atoms with Crippen molar-refractivity contribution >= 4 is 56.4 Å². The van der Waals surface area contributed by atoms with E-state index >= 15 is 0 Å². The van der Waals surface area contributed by atoms with Crippen LogP contribution in [0, 0.1) is 0 Å². The number of para-hydroxylation sites is 1. The van der Waals surface area contributed by atoms with Gasteiger partial charge in [0, 0.05) is 22.2 Å². The summed E-state index contributed by atoms with van der Waals surface area (Å²) in [5, 5.41) is 10.7. The van der Waals surface area contributed by atoms with Crippen molar-refractivity contribution < 1.29 is 4.42 Å². The maximum absolute atomic E-state index is 6.70. The molecule has 6 aromatic rings. The zero-order chi connectivity index (χ0) is 25.2. The Labute approximate surface area is 218 Å². The summed E-state index contributed by atoms with van der Waals surface area (Å²) in [6, 6.07) is 45.6. The summed E-state index contributed by atoms with van der Waals surface area (Å²) in [7, 11) is -2.71. The SMILES string of the molecule is C=CC(=C)Nc1ccc2oc3c([Si](c4ccccc4)(c4ccccc4)c4ccccc4)cccc3c2c1. The highest BCUT2D eigenvalue weighted by atomic mass is 28.3. The quantitative estimate of drug-likeness (QED) is 0.166. The second kappa shape index (κ2) is 9.45. The number of hydrogen-bond donors (Lipinski definition) is 1. The molecular weight excluding hydrogens is 466 g/mol. The average Bonchev–Trinajstić information content (AvgIpc) is 3.34. The fourth-order valence-electron chi connectivity index (χ4n) is 5.44. The van der Waals surface area contributed by atoms with E-state index in [1.807, 2.05) is 12.1 Å². The number of allylic oxidation sites excluding steroid dienone is 1. The van der Waals surface area contributed by atoms with Crippen molar-refractivity contribution in [2.75, 3.05) is 5.32 Å². The Balaban J connectivity index is 1.71. The van der Waals surface area contributed by atoms with E-state index in [1.165, 1.54) is 20.7 Å². The molecule has 37 heavy (non-hydrogen) atoms. The minimum atomic E-state index is -2.71. The normalized spacial score (nSPS) is 11.5. The Bertz CT molecular complexity index is 1620. The highest BCUT2D eigenvalue weighted by Gasteiger charge is 2.43. The van der Waals surface area contributed by atoms with E-state index in [0.717, 1.165) is 33.3 Å². The topological polar surface area (TPSA) is 25.2 Å². The lowest BCUT2D eigenvalue weighted by Gasteiger charge is -2.34. The van der Waals surface area contributed by atoms with Crippen molar-refractivity contribution in [3.63, 3.8) is 0 Å². The van der Waals surface area contributed by atoms with Crippen LogP contribution in [-0.2, 0) is 0 Å². The van der Waals surface area contributed by atoms with E-state index in [-0.39, 0.29) is 0 Å². The van der Waals surface area contributed by atoms with Gasteiger partial charge in [-0.2, -0.15) is 0 Å². The van der Waals surface area contributed by atoms with Crippen LogP contribution in [0.1, 0.15) is 0 Å². The third kappa shape index (κ3) is 3.81. The predicted molar refractivity (Wildman–Crippen MR) is 160 cm³/mol. The molecule has 0 aliphatic heterocycles. The summed E-state index contributed by atoms with van der Waals surface area (Å²) in [5.41, 5.74) is 3.54. The van der Waals surface area contributed by atoms with Crippen LogP contribution in [-0.4, -0.2) is 8.07 Å². The van der Waals surface area contributed by atoms with Gasteiger partial charge in [0.1, 0.15) is 11.2 Å². The fourth-order valence-corrected chi connectivity index (χ4v) is 10.3. The number of fused-ring (bicyclic) bond motifs is 3. The van der Waals surface area contributed by atoms with Gasteiger partial charge in [0.25, 0.3) is 0 Å². The molecule has 178 valence electrons. The molecule has 0 bridgehead atoms. The molecule has 0 aliphatic rings. The van der Waals surface area contributed by atoms with Crippen LogP contribution in [0.15, 0.2) is 157 Å². The van der Waals surface area contributed by atoms with Gasteiger partial charge < -0.3 is 9.73 Å². The summed E-state index contributed by atoms with van der Waals surface area (Å²) < 4.78 is 6.70. The highest BCUT2D eigenvalue weighted by Crippen LogP contribution is 2.31. The summed E-state index contributed by atoms with van der Waals surface area (Å²) in [5.74, 6) is 0. The smallest absolute Gasteiger partial charge is 0.184 e. The number of anilines is 1. The molecule has 2 nitrogen and oxygen atoms in total. The summed E-state index contributed by atoms with van der Waals surface area (Å²) in [6.45, 7) is 7.81. The molecule has 0 saturated carbocycles. The van der Waals surface area contributed by atoms with Gasteiger partial charge in [-0.05, 0) is 45.0 Å². The average molecular weight is 494 g/mol. The molecule has 0 fully saturated rings. The van der Waals surface area contributed by atoms with E-state index in [0.29, 0.717) is 0 Å². The van der Waals surface area contributed by atoms with Gasteiger partial charge >= 0.3 is 0 Å². The van der Waals surface area contributed by atoms with Crippen LogP contribution < -0.4 is 26.1 Å². The third-order valence-electron chi connectivity index (χ3n) is 7.07. The molecule has 1 aromatic heterocycles. The highest BCUT2D eigenvalue weighted by molar-refractivity contribution is 7.20. The van der Waals surface area contributed by atoms with Gasteiger partial charge in [-0.15, -0.1) is 0 Å². The molecule has 0 spiro atoms. The van der Waals surface area contributed by atoms with E-state index < -0.39 is 8.07 Å². The molecule has 0 unspecified atom stereocenters. The van der Waals surface area contributed by atoms with Gasteiger partial charge in [-0.25, -0.2) is 0 Å². The lowest BCUT2D eigenvalue weighted by atomic mass is 10.1. The van der Waals surface area contributed by atoms with Gasteiger partial charge in [0.2, 0.25) is 0 Å². The first-order chi connectivity index (χ1) is 18.2. The van der Waals surface area contributed by atoms with E-state index in [2.05, 4.69) is 134 Å². The van der Waals surface area contributed by atoms with Gasteiger partial charge in [-0.1, -0.05) is 122 Å². The first kappa shape index (κ1) is 22.8. The van der Waals surface area contributed by atoms with Crippen molar-refractivity contribution in [2.45, 2.75) is 0 Å². The van der Waals surface area contributed by atoms with Gasteiger partial charge in [0.15, 0.2) is 8.07 Å². The molecule has 3 heteroatoms. The zero-order valence-electron chi connectivity index (χ0n) is 20.5. The number of nitrogens with one attached hydrogen (secondary N) is 1. The van der Waals surface area contributed by atoms with Crippen LogP contribution in [0.25, 0.3) is 21.9 Å². The van der Waals surface area contributed by atoms with Crippen LogP contribution in [0.5, 0.6) is 0 Å². The van der Waals surface area contributed by atoms with Crippen LogP contribution in [0.2, 0.25) is 0 Å². The summed E-state index contributed by atoms with van der Waals surface area (Å²) >= 11 is 0. The summed E-state index contributed by atoms with van der Waals surface area (Å²) in [6.07, 6.45) is 1.72. The monoisotopic (exact) mass is 493 g/mol. The second-order valence-electron chi connectivity index (χ2n) is 9.20. The Kier molecular flexibility index (Phi) is 5.83. The molecule has 0 aliphatic carbocycles. The maximum atomic E-state index is 6.70. The van der Waals surface area contributed by atoms with Crippen LogP contribution >= 0.6 is 0 Å². The zero-order valence-corrected chi connectivity index (χ0v) is 21.5. The van der Waals surface area contributed by atoms with E-state index in [4.69, 9.17) is 4.42 Å². The van der Waals surface area contributed by atoms with Crippen molar-refractivity contribution in [1.82, 2.24) is 0 Å². The second-order valence-corrected chi connectivity index (χ2v) is 13.0. The predicted octanol–water partition coefficient (Wildman–Crippen LogP) is 6.08. The number of hydrogen-bond acceptors (Lipinski definition) is 2. The largest absolute Gasteiger partial charge is 0.456 e. The van der Waals surface area contributed by atoms with Crippen LogP contribution in [0.3, 0.4) is 0 Å². The van der Waals surface area contributed by atoms with Crippen LogP contribution in [0.4, 0.5) is 5.69 Å². The Morgan fingerprint density at radius 3 is 1.76 bits per heavy atom. The van der Waals surface area contributed by atoms with Gasteiger partial charge in [-0.3, -0.25) is 0 Å². The van der Waals surface area contributed by atoms with Crippen molar-refractivity contribution in [2.24, 2.45) is 0 Å². The first-order valence-corrected chi connectivity index (χ1v) is 14.4. The molecule has 1 N–H and O–H groups in total. The summed E-state index contributed by atoms with van der Waals surface area (Å²) in [4.78, 5) is 0. The van der Waals surface area contributed by atoms with Crippen molar-refractivity contribution in [3.8, 4) is 0 Å². The Morgan fingerprint density at radius 2 is 1.22 bits per heavy atom. The number of benzene rings is 5. The Morgan fingerprint density at radius 1 is 0.649 bits per heavy atom. The molecule has 6 rings (SSSR count). The molecule has 5 aromatic carbocycles. The lowest BCUT2D eigenvalue weighted by molar-refractivity contribution is 0.671. The molecule has 0 saturated heterocycles. The molecular formula is C34H27NOSi. The molecule has 1 heterocycles. The molecule has 0 amide bonds. The lowest BCUT2D eigenvalue weighted by Crippen LogP contribution is -2.74. The minimum Gasteiger partial charge on any atom is -0.456 e. The van der Waals surface area contributed by atoms with Crippen molar-refractivity contribution in [3.05, 3.63) is 152 Å². The third-order valence-corrected chi connectivity index (χ3v) is 11.9. The van der Waals surface area contributed by atoms with E-state index in [9.17, 15) is 0 Å². The number of furan rings is 1. The Hall–Kier alpha value is -4.60. The number of rotatable bonds is 7.